The van der Waals surface area contributed by atoms with Gasteiger partial charge in [-0.2, -0.15) is 0 Å². The largest absolute Gasteiger partial charge is 0.498 e. The van der Waals surface area contributed by atoms with Crippen LogP contribution in [0.5, 0.6) is 0 Å². The summed E-state index contributed by atoms with van der Waals surface area (Å²) >= 11 is 0. The lowest BCUT2D eigenvalue weighted by Gasteiger charge is -2.22. The van der Waals surface area contributed by atoms with Crippen LogP contribution in [0.15, 0.2) is 102 Å². The maximum absolute atomic E-state index is 6.15. The predicted octanol–water partition coefficient (Wildman–Crippen LogP) is 7.15. The van der Waals surface area contributed by atoms with Crippen molar-refractivity contribution in [3.05, 3.63) is 119 Å². The van der Waals surface area contributed by atoms with Gasteiger partial charge in [0.25, 0.3) is 0 Å². The Hall–Kier alpha value is -2.80. The Bertz CT molecular complexity index is 811. The summed E-state index contributed by atoms with van der Waals surface area (Å²) in [5.74, 6) is 1.44. The van der Waals surface area contributed by atoms with Gasteiger partial charge >= 0.3 is 0 Å². The summed E-state index contributed by atoms with van der Waals surface area (Å²) in [4.78, 5) is 0. The Morgan fingerprint density at radius 3 is 1.75 bits per heavy atom. The molecule has 3 rings (SSSR count). The van der Waals surface area contributed by atoms with Crippen LogP contribution >= 0.6 is 0 Å². The van der Waals surface area contributed by atoms with Gasteiger partial charge in [0.05, 0.1) is 12.4 Å². The van der Waals surface area contributed by atoms with E-state index in [0.717, 1.165) is 25.0 Å². The Kier molecular flexibility index (Phi) is 7.49. The van der Waals surface area contributed by atoms with Crippen molar-refractivity contribution in [2.75, 3.05) is 6.61 Å². The molecule has 0 saturated heterocycles. The molecule has 0 saturated carbocycles. The summed E-state index contributed by atoms with van der Waals surface area (Å²) in [6.07, 6.45) is 2.96. The van der Waals surface area contributed by atoms with E-state index in [4.69, 9.17) is 4.74 Å². The Labute approximate surface area is 169 Å². The molecule has 0 heterocycles. The van der Waals surface area contributed by atoms with Crippen LogP contribution in [0.4, 0.5) is 0 Å². The first kappa shape index (κ1) is 19.9. The molecule has 0 atom stereocenters. The fourth-order valence-electron chi connectivity index (χ4n) is 3.63. The quantitative estimate of drug-likeness (QED) is 0.363. The fourth-order valence-corrected chi connectivity index (χ4v) is 3.63. The highest BCUT2D eigenvalue weighted by atomic mass is 16.5. The summed E-state index contributed by atoms with van der Waals surface area (Å²) in [6.45, 7) is 5.00. The molecule has 0 aliphatic heterocycles. The Morgan fingerprint density at radius 1 is 0.750 bits per heavy atom. The monoisotopic (exact) mass is 370 g/mol. The number of allylic oxidation sites excluding steroid dienone is 2. The summed E-state index contributed by atoms with van der Waals surface area (Å²) < 4.78 is 6.15. The zero-order valence-electron chi connectivity index (χ0n) is 17.0. The molecule has 1 nitrogen and oxygen atoms in total. The van der Waals surface area contributed by atoms with Crippen LogP contribution in [-0.4, -0.2) is 6.61 Å². The van der Waals surface area contributed by atoms with Crippen LogP contribution in [-0.2, 0) is 11.2 Å². The van der Waals surface area contributed by atoms with E-state index in [1.807, 2.05) is 0 Å². The Morgan fingerprint density at radius 2 is 1.25 bits per heavy atom. The smallest absolute Gasteiger partial charge is 0.0958 e. The normalized spacial score (nSPS) is 12.0. The maximum Gasteiger partial charge on any atom is 0.0958 e. The van der Waals surface area contributed by atoms with Crippen molar-refractivity contribution in [1.82, 2.24) is 0 Å². The molecule has 0 aromatic heterocycles. The van der Waals surface area contributed by atoms with Gasteiger partial charge in [-0.3, -0.25) is 0 Å². The first-order chi connectivity index (χ1) is 13.8. The summed E-state index contributed by atoms with van der Waals surface area (Å²) in [7, 11) is 0. The van der Waals surface area contributed by atoms with Crippen LogP contribution in [0, 0.1) is 0 Å². The van der Waals surface area contributed by atoms with Crippen LogP contribution in [0.25, 0.3) is 0 Å². The SMILES string of the molecule is CCO/C(CC(c1ccccc1)c1ccccc1)=C(\C)CCc1ccccc1. The van der Waals surface area contributed by atoms with Gasteiger partial charge in [-0.15, -0.1) is 0 Å². The molecule has 0 amide bonds. The van der Waals surface area contributed by atoms with Gasteiger partial charge in [-0.25, -0.2) is 0 Å². The minimum Gasteiger partial charge on any atom is -0.498 e. The molecule has 0 bridgehead atoms. The van der Waals surface area contributed by atoms with Crippen molar-refractivity contribution in [3.8, 4) is 0 Å². The molecule has 0 spiro atoms. The topological polar surface area (TPSA) is 9.23 Å². The van der Waals surface area contributed by atoms with E-state index in [1.165, 1.54) is 22.3 Å². The molecule has 0 radical (unpaired) electrons. The van der Waals surface area contributed by atoms with E-state index in [1.54, 1.807) is 0 Å². The molecule has 0 fully saturated rings. The maximum atomic E-state index is 6.15. The van der Waals surface area contributed by atoms with Crippen LogP contribution in [0.3, 0.4) is 0 Å². The molecule has 28 heavy (non-hydrogen) atoms. The first-order valence-corrected chi connectivity index (χ1v) is 10.2. The number of benzene rings is 3. The predicted molar refractivity (Wildman–Crippen MR) is 118 cm³/mol. The van der Waals surface area contributed by atoms with Gasteiger partial charge < -0.3 is 4.74 Å². The third kappa shape index (κ3) is 5.60. The van der Waals surface area contributed by atoms with E-state index in [2.05, 4.69) is 105 Å². The zero-order valence-corrected chi connectivity index (χ0v) is 17.0. The summed E-state index contributed by atoms with van der Waals surface area (Å²) in [5, 5.41) is 0. The third-order valence-corrected chi connectivity index (χ3v) is 5.22. The van der Waals surface area contributed by atoms with Crippen molar-refractivity contribution < 1.29 is 4.74 Å². The lowest BCUT2D eigenvalue weighted by atomic mass is 9.87. The summed E-state index contributed by atoms with van der Waals surface area (Å²) in [6, 6.07) is 32.2. The second-order valence-electron chi connectivity index (χ2n) is 7.20. The highest BCUT2D eigenvalue weighted by Crippen LogP contribution is 2.33. The van der Waals surface area contributed by atoms with Crippen molar-refractivity contribution in [3.63, 3.8) is 0 Å². The zero-order chi connectivity index (χ0) is 19.6. The minimum absolute atomic E-state index is 0.302. The molecule has 3 aromatic rings. The van der Waals surface area contributed by atoms with Gasteiger partial charge in [0.1, 0.15) is 0 Å². The average Bonchev–Trinajstić information content (AvgIpc) is 2.77. The molecule has 0 unspecified atom stereocenters. The third-order valence-electron chi connectivity index (χ3n) is 5.22. The van der Waals surface area contributed by atoms with Gasteiger partial charge in [0, 0.05) is 12.3 Å². The van der Waals surface area contributed by atoms with Crippen LogP contribution in [0.2, 0.25) is 0 Å². The van der Waals surface area contributed by atoms with Crippen LogP contribution < -0.4 is 0 Å². The molecule has 1 heteroatoms. The number of aryl methyl sites for hydroxylation is 1. The second-order valence-corrected chi connectivity index (χ2v) is 7.20. The average molecular weight is 371 g/mol. The fraction of sp³-hybridized carbons (Fsp3) is 0.259. The van der Waals surface area contributed by atoms with E-state index >= 15 is 0 Å². The van der Waals surface area contributed by atoms with Crippen molar-refractivity contribution in [2.24, 2.45) is 0 Å². The van der Waals surface area contributed by atoms with E-state index in [-0.39, 0.29) is 0 Å². The van der Waals surface area contributed by atoms with E-state index in [0.29, 0.717) is 12.5 Å². The molecule has 0 N–H and O–H groups in total. The molecular weight excluding hydrogens is 340 g/mol. The first-order valence-electron chi connectivity index (χ1n) is 10.2. The lowest BCUT2D eigenvalue weighted by molar-refractivity contribution is 0.210. The molecular formula is C27H30O. The summed E-state index contributed by atoms with van der Waals surface area (Å²) in [5.41, 5.74) is 5.39. The van der Waals surface area contributed by atoms with Gasteiger partial charge in [0.15, 0.2) is 0 Å². The molecule has 144 valence electrons. The standard InChI is InChI=1S/C27H30O/c1-3-28-27(22(2)19-20-23-13-7-4-8-14-23)21-26(24-15-9-5-10-16-24)25-17-11-6-12-18-25/h4-18,26H,3,19-21H2,1-2H3/b27-22+. The number of rotatable bonds is 9. The van der Waals surface area contributed by atoms with Crippen molar-refractivity contribution >= 4 is 0 Å². The highest BCUT2D eigenvalue weighted by molar-refractivity contribution is 5.34. The van der Waals surface area contributed by atoms with E-state index < -0.39 is 0 Å². The lowest BCUT2D eigenvalue weighted by Crippen LogP contribution is -2.07. The van der Waals surface area contributed by atoms with E-state index in [9.17, 15) is 0 Å². The van der Waals surface area contributed by atoms with Gasteiger partial charge in [0.2, 0.25) is 0 Å². The van der Waals surface area contributed by atoms with Crippen molar-refractivity contribution in [2.45, 2.75) is 39.0 Å². The van der Waals surface area contributed by atoms with Crippen LogP contribution in [0.1, 0.15) is 49.3 Å². The number of hydrogen-bond acceptors (Lipinski definition) is 1. The van der Waals surface area contributed by atoms with Gasteiger partial charge in [-0.1, -0.05) is 91.0 Å². The highest BCUT2D eigenvalue weighted by Gasteiger charge is 2.18. The second kappa shape index (κ2) is 10.5. The molecule has 3 aromatic carbocycles. The van der Waals surface area contributed by atoms with Crippen molar-refractivity contribution in [1.29, 1.82) is 0 Å². The minimum atomic E-state index is 0.302. The van der Waals surface area contributed by atoms with Gasteiger partial charge in [-0.05, 0) is 49.0 Å². The Balaban J connectivity index is 1.84. The molecule has 0 aliphatic carbocycles. The number of hydrogen-bond donors (Lipinski definition) is 0. The molecule has 0 aliphatic rings. The number of ether oxygens (including phenoxy) is 1.